The Morgan fingerprint density at radius 1 is 1.15 bits per heavy atom. The zero-order chi connectivity index (χ0) is 18.7. The van der Waals surface area contributed by atoms with E-state index in [0.29, 0.717) is 6.54 Å². The fourth-order valence-corrected chi connectivity index (χ4v) is 6.66. The third-order valence-corrected chi connectivity index (χ3v) is 8.08. The Hall–Kier alpha value is -0.350. The molecule has 0 unspecified atom stereocenters. The fourth-order valence-electron chi connectivity index (χ4n) is 4.17. The lowest BCUT2D eigenvalue weighted by Gasteiger charge is -2.37. The summed E-state index contributed by atoms with van der Waals surface area (Å²) in [6.07, 6.45) is 9.60. The van der Waals surface area contributed by atoms with Gasteiger partial charge in [0, 0.05) is 42.1 Å². The summed E-state index contributed by atoms with van der Waals surface area (Å²) in [4.78, 5) is 5.83. The van der Waals surface area contributed by atoms with Crippen molar-refractivity contribution in [3.63, 3.8) is 0 Å². The van der Waals surface area contributed by atoms with Gasteiger partial charge in [0.1, 0.15) is 9.84 Å². The van der Waals surface area contributed by atoms with Crippen molar-refractivity contribution in [3.8, 4) is 0 Å². The molecule has 2 aliphatic rings. The van der Waals surface area contributed by atoms with Gasteiger partial charge in [-0.15, -0.1) is 35.3 Å². The summed E-state index contributed by atoms with van der Waals surface area (Å²) in [6.45, 7) is 1.55. The maximum absolute atomic E-state index is 11.6. The SMILES string of the molecule is CN=C(NCC1(CS(C)(=O)=O)CC1)NCC1(c2cccs2)CCCCC1.I. The molecule has 0 amide bonds. The highest BCUT2D eigenvalue weighted by molar-refractivity contribution is 14.0. The minimum Gasteiger partial charge on any atom is -0.356 e. The van der Waals surface area contributed by atoms with Gasteiger partial charge < -0.3 is 10.6 Å². The minimum absolute atomic E-state index is 0. The number of hydrogen-bond donors (Lipinski definition) is 2. The Morgan fingerprint density at radius 2 is 1.81 bits per heavy atom. The van der Waals surface area contributed by atoms with Crippen molar-refractivity contribution in [3.05, 3.63) is 22.4 Å². The van der Waals surface area contributed by atoms with Crippen LogP contribution in [-0.4, -0.2) is 46.5 Å². The second-order valence-electron chi connectivity index (χ2n) is 8.17. The highest BCUT2D eigenvalue weighted by Gasteiger charge is 2.45. The summed E-state index contributed by atoms with van der Waals surface area (Å²) < 4.78 is 23.3. The van der Waals surface area contributed by atoms with Crippen LogP contribution >= 0.6 is 35.3 Å². The molecule has 8 heteroatoms. The topological polar surface area (TPSA) is 70.6 Å². The van der Waals surface area contributed by atoms with E-state index in [1.54, 1.807) is 7.05 Å². The first kappa shape index (κ1) is 22.9. The van der Waals surface area contributed by atoms with Crippen LogP contribution in [0.1, 0.15) is 49.8 Å². The molecule has 0 spiro atoms. The van der Waals surface area contributed by atoms with Gasteiger partial charge in [-0.2, -0.15) is 0 Å². The molecule has 0 atom stereocenters. The molecule has 1 aromatic rings. The van der Waals surface area contributed by atoms with E-state index in [2.05, 4.69) is 33.1 Å². The van der Waals surface area contributed by atoms with E-state index < -0.39 is 9.84 Å². The summed E-state index contributed by atoms with van der Waals surface area (Å²) in [5.41, 5.74) is 0.107. The van der Waals surface area contributed by atoms with Crippen molar-refractivity contribution in [2.45, 2.75) is 50.4 Å². The molecular weight excluding hydrogens is 493 g/mol. The van der Waals surface area contributed by atoms with Crippen LogP contribution in [0.25, 0.3) is 0 Å². The summed E-state index contributed by atoms with van der Waals surface area (Å²) in [7, 11) is -1.16. The number of sulfone groups is 1. The summed E-state index contributed by atoms with van der Waals surface area (Å²) >= 11 is 1.85. The summed E-state index contributed by atoms with van der Waals surface area (Å²) in [5, 5.41) is 9.07. The maximum Gasteiger partial charge on any atom is 0.191 e. The lowest BCUT2D eigenvalue weighted by Crippen LogP contribution is -2.47. The number of rotatable bonds is 7. The molecule has 0 radical (unpaired) electrons. The van der Waals surface area contributed by atoms with Gasteiger partial charge in [-0.25, -0.2) is 8.42 Å². The average Bonchev–Trinajstić information content (AvgIpc) is 3.11. The molecule has 3 rings (SSSR count). The maximum atomic E-state index is 11.6. The number of thiophene rings is 1. The Labute approximate surface area is 184 Å². The Balaban J connectivity index is 0.00000261. The molecule has 0 aromatic carbocycles. The number of nitrogens with one attached hydrogen (secondary N) is 2. The van der Waals surface area contributed by atoms with Crippen molar-refractivity contribution in [1.29, 1.82) is 0 Å². The number of guanidine groups is 1. The molecule has 0 bridgehead atoms. The van der Waals surface area contributed by atoms with Crippen LogP contribution in [0, 0.1) is 5.41 Å². The smallest absolute Gasteiger partial charge is 0.191 e. The molecule has 2 saturated carbocycles. The van der Waals surface area contributed by atoms with Crippen molar-refractivity contribution in [2.24, 2.45) is 10.4 Å². The summed E-state index contributed by atoms with van der Waals surface area (Å²) in [6, 6.07) is 4.41. The van der Waals surface area contributed by atoms with Gasteiger partial charge in [0.25, 0.3) is 0 Å². The second kappa shape index (κ2) is 9.43. The Morgan fingerprint density at radius 3 is 2.33 bits per heavy atom. The van der Waals surface area contributed by atoms with Gasteiger partial charge in [0.05, 0.1) is 5.75 Å². The third kappa shape index (κ3) is 6.32. The number of aliphatic imine (C=N–C) groups is 1. The number of hydrogen-bond acceptors (Lipinski definition) is 4. The minimum atomic E-state index is -2.94. The molecule has 2 aliphatic carbocycles. The second-order valence-corrected chi connectivity index (χ2v) is 11.3. The molecule has 2 fully saturated rings. The van der Waals surface area contributed by atoms with Gasteiger partial charge in [-0.3, -0.25) is 4.99 Å². The van der Waals surface area contributed by atoms with Crippen LogP contribution in [-0.2, 0) is 15.3 Å². The quantitative estimate of drug-likeness (QED) is 0.325. The first-order valence-electron chi connectivity index (χ1n) is 9.53. The molecule has 27 heavy (non-hydrogen) atoms. The van der Waals surface area contributed by atoms with Gasteiger partial charge in [-0.05, 0) is 37.1 Å². The molecule has 0 saturated heterocycles. The van der Waals surface area contributed by atoms with Gasteiger partial charge in [-0.1, -0.05) is 25.3 Å². The van der Waals surface area contributed by atoms with Crippen LogP contribution in [0.2, 0.25) is 0 Å². The first-order valence-corrected chi connectivity index (χ1v) is 12.5. The van der Waals surface area contributed by atoms with E-state index >= 15 is 0 Å². The van der Waals surface area contributed by atoms with Crippen LogP contribution in [0.3, 0.4) is 0 Å². The lowest BCUT2D eigenvalue weighted by molar-refractivity contribution is 0.296. The van der Waals surface area contributed by atoms with Gasteiger partial charge in [0.2, 0.25) is 0 Å². The van der Waals surface area contributed by atoms with E-state index in [-0.39, 0.29) is 40.6 Å². The van der Waals surface area contributed by atoms with E-state index in [1.165, 1.54) is 43.2 Å². The van der Waals surface area contributed by atoms with E-state index in [1.807, 2.05) is 11.3 Å². The molecule has 2 N–H and O–H groups in total. The zero-order valence-corrected chi connectivity index (χ0v) is 20.3. The molecule has 5 nitrogen and oxygen atoms in total. The monoisotopic (exact) mass is 525 g/mol. The Kier molecular flexibility index (Phi) is 8.01. The zero-order valence-electron chi connectivity index (χ0n) is 16.3. The predicted molar refractivity (Wildman–Crippen MR) is 125 cm³/mol. The fraction of sp³-hybridized carbons (Fsp3) is 0.737. The third-order valence-electron chi connectivity index (χ3n) is 5.83. The average molecular weight is 526 g/mol. The van der Waals surface area contributed by atoms with Crippen molar-refractivity contribution >= 4 is 51.1 Å². The van der Waals surface area contributed by atoms with Gasteiger partial charge in [0.15, 0.2) is 5.96 Å². The largest absolute Gasteiger partial charge is 0.356 e. The number of nitrogens with zero attached hydrogens (tertiary/aromatic N) is 1. The van der Waals surface area contributed by atoms with Crippen LogP contribution in [0.15, 0.2) is 22.5 Å². The van der Waals surface area contributed by atoms with Gasteiger partial charge >= 0.3 is 0 Å². The number of halogens is 1. The van der Waals surface area contributed by atoms with E-state index in [0.717, 1.165) is 25.3 Å². The standard InChI is InChI=1S/C19H31N3O2S2.HI/c1-20-17(21-13-18(10-11-18)15-26(2,23)24)22-14-19(8-4-3-5-9-19)16-7-6-12-25-16;/h6-7,12H,3-5,8-11,13-15H2,1-2H3,(H2,20,21,22);1H. The van der Waals surface area contributed by atoms with Crippen molar-refractivity contribution in [2.75, 3.05) is 32.1 Å². The Bertz CT molecular complexity index is 722. The van der Waals surface area contributed by atoms with Crippen LogP contribution in [0.4, 0.5) is 0 Å². The molecular formula is C19H32IN3O2S2. The highest BCUT2D eigenvalue weighted by Crippen LogP contribution is 2.46. The van der Waals surface area contributed by atoms with Crippen molar-refractivity contribution < 1.29 is 8.42 Å². The summed E-state index contributed by atoms with van der Waals surface area (Å²) in [5.74, 6) is 1.05. The molecule has 1 aromatic heterocycles. The van der Waals surface area contributed by atoms with E-state index in [9.17, 15) is 8.42 Å². The van der Waals surface area contributed by atoms with Crippen LogP contribution < -0.4 is 10.6 Å². The highest BCUT2D eigenvalue weighted by atomic mass is 127. The molecule has 1 heterocycles. The molecule has 154 valence electrons. The normalized spacial score (nSPS) is 21.2. The predicted octanol–water partition coefficient (Wildman–Crippen LogP) is 3.56. The lowest BCUT2D eigenvalue weighted by atomic mass is 9.73. The van der Waals surface area contributed by atoms with E-state index in [4.69, 9.17) is 0 Å². The van der Waals surface area contributed by atoms with Crippen molar-refractivity contribution in [1.82, 2.24) is 10.6 Å². The van der Waals surface area contributed by atoms with Crippen LogP contribution in [0.5, 0.6) is 0 Å². The molecule has 0 aliphatic heterocycles. The first-order chi connectivity index (χ1) is 12.4.